The van der Waals surface area contributed by atoms with Crippen molar-refractivity contribution in [3.63, 3.8) is 0 Å². The molecule has 0 saturated heterocycles. The number of allylic oxidation sites excluding steroid dienone is 2. The summed E-state index contributed by atoms with van der Waals surface area (Å²) < 4.78 is 9.98. The van der Waals surface area contributed by atoms with Crippen LogP contribution in [-0.4, -0.2) is 23.2 Å². The van der Waals surface area contributed by atoms with Crippen molar-refractivity contribution in [3.05, 3.63) is 50.8 Å². The number of benzene rings is 1. The highest BCUT2D eigenvalue weighted by Crippen LogP contribution is 2.46. The topological polar surface area (TPSA) is 125 Å². The molecule has 1 unspecified atom stereocenters. The van der Waals surface area contributed by atoms with Crippen molar-refractivity contribution in [3.8, 4) is 0 Å². The summed E-state index contributed by atoms with van der Waals surface area (Å²) in [5.74, 6) is 0.0887. The van der Waals surface area contributed by atoms with Crippen LogP contribution in [0.1, 0.15) is 24.0 Å². The summed E-state index contributed by atoms with van der Waals surface area (Å²) in [5.41, 5.74) is 13.3. The summed E-state index contributed by atoms with van der Waals surface area (Å²) >= 11 is 12.6. The Bertz CT molecular complexity index is 932. The van der Waals surface area contributed by atoms with Crippen molar-refractivity contribution in [2.75, 3.05) is 23.9 Å². The van der Waals surface area contributed by atoms with Crippen LogP contribution in [0.3, 0.4) is 0 Å². The predicted octanol–water partition coefficient (Wildman–Crippen LogP) is 3.52. The minimum absolute atomic E-state index is 0.00910. The smallest absolute Gasteiger partial charge is 0.437 e. The molecule has 0 bridgehead atoms. The highest BCUT2D eigenvalue weighted by atomic mass is 35.5. The maximum absolute atomic E-state index is 11.8. The van der Waals surface area contributed by atoms with Gasteiger partial charge in [-0.15, -0.1) is 0 Å². The van der Waals surface area contributed by atoms with Crippen molar-refractivity contribution in [1.29, 1.82) is 0 Å². The first kappa shape index (κ1) is 18.1. The maximum Gasteiger partial charge on any atom is 0.513 e. The number of hydrogen-bond donors (Lipinski definition) is 3. The second-order valence-electron chi connectivity index (χ2n) is 5.48. The number of fused-ring (bicyclic) bond motifs is 1. The molecule has 5 N–H and O–H groups in total. The Kier molecular flexibility index (Phi) is 4.80. The van der Waals surface area contributed by atoms with Gasteiger partial charge in [-0.1, -0.05) is 35.3 Å². The van der Waals surface area contributed by atoms with E-state index in [1.807, 2.05) is 0 Å². The number of rotatable bonds is 2. The van der Waals surface area contributed by atoms with Crippen LogP contribution in [-0.2, 0) is 9.47 Å². The zero-order valence-electron chi connectivity index (χ0n) is 13.8. The van der Waals surface area contributed by atoms with Crippen LogP contribution in [0.5, 0.6) is 0 Å². The van der Waals surface area contributed by atoms with Gasteiger partial charge < -0.3 is 26.3 Å². The first-order chi connectivity index (χ1) is 12.3. The van der Waals surface area contributed by atoms with Gasteiger partial charge in [0.15, 0.2) is 0 Å². The molecule has 0 radical (unpaired) electrons. The van der Waals surface area contributed by atoms with Gasteiger partial charge in [-0.3, -0.25) is 0 Å². The van der Waals surface area contributed by atoms with Gasteiger partial charge in [0, 0.05) is 0 Å². The first-order valence-corrected chi connectivity index (χ1v) is 8.19. The summed E-state index contributed by atoms with van der Waals surface area (Å²) in [4.78, 5) is 19.9. The molecule has 1 atom stereocenters. The van der Waals surface area contributed by atoms with Crippen LogP contribution in [0, 0.1) is 0 Å². The minimum atomic E-state index is -0.886. The van der Waals surface area contributed by atoms with E-state index in [1.54, 1.807) is 25.1 Å². The van der Waals surface area contributed by atoms with Crippen LogP contribution in [0.15, 0.2) is 29.7 Å². The third kappa shape index (κ3) is 3.09. The minimum Gasteiger partial charge on any atom is -0.437 e. The highest BCUT2D eigenvalue weighted by molar-refractivity contribution is 6.42. The number of nitrogen functional groups attached to an aromatic ring is 2. The van der Waals surface area contributed by atoms with Crippen LogP contribution < -0.4 is 16.8 Å². The number of aromatic nitrogens is 2. The Labute approximate surface area is 159 Å². The molecule has 3 rings (SSSR count). The van der Waals surface area contributed by atoms with E-state index in [0.717, 1.165) is 0 Å². The average molecular weight is 396 g/mol. The summed E-state index contributed by atoms with van der Waals surface area (Å²) in [5, 5.41) is 3.65. The first-order valence-electron chi connectivity index (χ1n) is 7.43. The van der Waals surface area contributed by atoms with E-state index in [1.165, 1.54) is 7.11 Å². The number of halogens is 2. The van der Waals surface area contributed by atoms with E-state index in [-0.39, 0.29) is 17.5 Å². The number of nitrogens with zero attached hydrogens (tertiary/aromatic N) is 2. The third-order valence-corrected chi connectivity index (χ3v) is 4.70. The van der Waals surface area contributed by atoms with Gasteiger partial charge in [-0.2, -0.15) is 9.97 Å². The molecule has 1 aliphatic heterocycles. The Morgan fingerprint density at radius 2 is 2.00 bits per heavy atom. The van der Waals surface area contributed by atoms with E-state index in [2.05, 4.69) is 20.0 Å². The number of hydrogen-bond acceptors (Lipinski definition) is 8. The second kappa shape index (κ2) is 6.89. The Morgan fingerprint density at radius 3 is 2.69 bits per heavy atom. The molecule has 8 nitrogen and oxygen atoms in total. The number of carbonyl (C=O) groups excluding carboxylic acids is 1. The molecule has 2 heterocycles. The summed E-state index contributed by atoms with van der Waals surface area (Å²) in [7, 11) is 1.21. The van der Waals surface area contributed by atoms with Gasteiger partial charge in [0.1, 0.15) is 17.4 Å². The molecule has 1 aliphatic rings. The Hall–Kier alpha value is -2.71. The van der Waals surface area contributed by atoms with Crippen LogP contribution in [0.25, 0.3) is 0 Å². The highest BCUT2D eigenvalue weighted by Gasteiger charge is 2.36. The van der Waals surface area contributed by atoms with Gasteiger partial charge in [-0.05, 0) is 18.6 Å². The summed E-state index contributed by atoms with van der Waals surface area (Å²) in [6, 6.07) is 5.12. The fraction of sp³-hybridized carbons (Fsp3) is 0.188. The monoisotopic (exact) mass is 395 g/mol. The molecule has 0 spiro atoms. The molecule has 2 aromatic rings. The normalized spacial score (nSPS) is 15.9. The van der Waals surface area contributed by atoms with Gasteiger partial charge in [0.25, 0.3) is 0 Å². The van der Waals surface area contributed by atoms with E-state index in [9.17, 15) is 4.79 Å². The predicted molar refractivity (Wildman–Crippen MR) is 99.0 cm³/mol. The molecule has 0 amide bonds. The number of methoxy groups -OCH3 is 1. The van der Waals surface area contributed by atoms with Gasteiger partial charge >= 0.3 is 6.16 Å². The van der Waals surface area contributed by atoms with E-state index in [0.29, 0.717) is 32.7 Å². The van der Waals surface area contributed by atoms with Crippen LogP contribution in [0.2, 0.25) is 10.0 Å². The Morgan fingerprint density at radius 1 is 1.27 bits per heavy atom. The standard InChI is InChI=1S/C16H15Cl2N5O3/c1-6-12(26-16(24)25-2)9(7-4-3-5-8(17)11(7)18)10-13(19)22-15(20)23-14(10)21-6/h3-5,9H,1-2H3,(H5,19,20,21,22,23). The van der Waals surface area contributed by atoms with Crippen molar-refractivity contribution in [2.45, 2.75) is 12.8 Å². The molecule has 136 valence electrons. The molecule has 0 fully saturated rings. The fourth-order valence-electron chi connectivity index (χ4n) is 2.78. The van der Waals surface area contributed by atoms with Gasteiger partial charge in [0.2, 0.25) is 5.95 Å². The fourth-order valence-corrected chi connectivity index (χ4v) is 3.20. The molecule has 1 aromatic heterocycles. The quantitative estimate of drug-likeness (QED) is 0.659. The van der Waals surface area contributed by atoms with E-state index >= 15 is 0 Å². The molecule has 0 aliphatic carbocycles. The van der Waals surface area contributed by atoms with Gasteiger partial charge in [-0.25, -0.2) is 4.79 Å². The second-order valence-corrected chi connectivity index (χ2v) is 6.26. The number of nitrogens with one attached hydrogen (secondary N) is 1. The number of anilines is 3. The lowest BCUT2D eigenvalue weighted by atomic mass is 9.86. The summed E-state index contributed by atoms with van der Waals surface area (Å²) in [6.45, 7) is 1.71. The van der Waals surface area contributed by atoms with Crippen LogP contribution in [0.4, 0.5) is 22.4 Å². The maximum atomic E-state index is 11.8. The van der Waals surface area contributed by atoms with Gasteiger partial charge in [0.05, 0.1) is 34.3 Å². The van der Waals surface area contributed by atoms with Crippen molar-refractivity contribution in [1.82, 2.24) is 9.97 Å². The molecular weight excluding hydrogens is 381 g/mol. The van der Waals surface area contributed by atoms with Crippen molar-refractivity contribution < 1.29 is 14.3 Å². The average Bonchev–Trinajstić information content (AvgIpc) is 2.58. The Balaban J connectivity index is 2.27. The zero-order chi connectivity index (χ0) is 19.0. The third-order valence-electron chi connectivity index (χ3n) is 3.87. The van der Waals surface area contributed by atoms with E-state index in [4.69, 9.17) is 39.4 Å². The molecule has 0 saturated carbocycles. The molecule has 10 heteroatoms. The molecule has 26 heavy (non-hydrogen) atoms. The van der Waals surface area contributed by atoms with Crippen LogP contribution >= 0.6 is 23.2 Å². The van der Waals surface area contributed by atoms with Crippen molar-refractivity contribution in [2.24, 2.45) is 0 Å². The summed E-state index contributed by atoms with van der Waals surface area (Å²) in [6.07, 6.45) is -0.886. The number of ether oxygens (including phenoxy) is 2. The lowest BCUT2D eigenvalue weighted by molar-refractivity contribution is 0.0929. The lowest BCUT2D eigenvalue weighted by Gasteiger charge is -2.30. The zero-order valence-corrected chi connectivity index (χ0v) is 15.4. The number of nitrogens with two attached hydrogens (primary N) is 2. The lowest BCUT2D eigenvalue weighted by Crippen LogP contribution is -2.24. The number of carbonyl (C=O) groups is 1. The largest absolute Gasteiger partial charge is 0.513 e. The molecule has 1 aromatic carbocycles. The van der Waals surface area contributed by atoms with Crippen molar-refractivity contribution >= 4 is 46.9 Å². The molecular formula is C16H15Cl2N5O3. The van der Waals surface area contributed by atoms with E-state index < -0.39 is 12.1 Å². The SMILES string of the molecule is COC(=O)OC1=C(C)Nc2nc(N)nc(N)c2C1c1cccc(Cl)c1Cl.